The van der Waals surface area contributed by atoms with Crippen LogP contribution in [0.2, 0.25) is 0 Å². The van der Waals surface area contributed by atoms with E-state index in [2.05, 4.69) is 16.0 Å². The van der Waals surface area contributed by atoms with Crippen molar-refractivity contribution in [3.63, 3.8) is 0 Å². The lowest BCUT2D eigenvalue weighted by Crippen LogP contribution is -2.61. The van der Waals surface area contributed by atoms with Crippen molar-refractivity contribution in [2.24, 2.45) is 17.8 Å². The highest BCUT2D eigenvalue weighted by atomic mass is 32.2. The molecule has 4 aliphatic carbocycles. The Hall–Kier alpha value is -1.31. The first kappa shape index (κ1) is 19.0. The van der Waals surface area contributed by atoms with Crippen LogP contribution in [0.25, 0.3) is 0 Å². The topological polar surface area (TPSA) is 104 Å². The molecule has 3 amide bonds. The number of hydrogen-bond donors (Lipinski definition) is 3. The average Bonchev–Trinajstić information content (AvgIpc) is 2.78. The predicted molar refractivity (Wildman–Crippen MR) is 102 cm³/mol. The van der Waals surface area contributed by atoms with Crippen molar-refractivity contribution in [1.82, 2.24) is 16.0 Å². The van der Waals surface area contributed by atoms with Crippen LogP contribution in [0.1, 0.15) is 58.3 Å². The zero-order valence-corrected chi connectivity index (χ0v) is 16.9. The molecule has 5 aliphatic rings. The molecule has 1 aliphatic heterocycles. The molecule has 0 unspecified atom stereocenters. The van der Waals surface area contributed by atoms with Gasteiger partial charge in [-0.1, -0.05) is 0 Å². The molecule has 27 heavy (non-hydrogen) atoms. The van der Waals surface area contributed by atoms with Gasteiger partial charge in [0.1, 0.15) is 0 Å². The summed E-state index contributed by atoms with van der Waals surface area (Å²) >= 11 is 0. The first-order valence-electron chi connectivity index (χ1n) is 10.2. The minimum absolute atomic E-state index is 0.00826. The molecule has 1 atom stereocenters. The molecule has 5 rings (SSSR count). The van der Waals surface area contributed by atoms with E-state index < -0.39 is 15.4 Å². The van der Waals surface area contributed by atoms with E-state index in [-0.39, 0.29) is 41.9 Å². The van der Waals surface area contributed by atoms with Gasteiger partial charge in [-0.2, -0.15) is 0 Å². The largest absolute Gasteiger partial charge is 0.350 e. The molecule has 0 radical (unpaired) electrons. The summed E-state index contributed by atoms with van der Waals surface area (Å²) in [6.07, 6.45) is 7.88. The minimum atomic E-state index is -3.05. The average molecular weight is 398 g/mol. The van der Waals surface area contributed by atoms with Crippen LogP contribution >= 0.6 is 0 Å². The van der Waals surface area contributed by atoms with E-state index in [1.54, 1.807) is 6.92 Å². The molecule has 152 valence electrons. The van der Waals surface area contributed by atoms with Gasteiger partial charge in [-0.05, 0) is 69.6 Å². The van der Waals surface area contributed by atoms with Crippen molar-refractivity contribution < 1.29 is 18.0 Å². The standard InChI is InChI=1S/C19H31N3O4S/c1-18(3-5-27(25,26)12-18)21-16(23)2-4-20-17(24)22-19-9-13-6-14(10-19)8-15(7-13)11-19/h13-15H,2-12H2,1H3,(H,21,23)(H2,20,22,24)/t13?,14?,15?,18-,19?/m0/s1. The van der Waals surface area contributed by atoms with E-state index >= 15 is 0 Å². The molecule has 1 heterocycles. The zero-order chi connectivity index (χ0) is 19.3. The van der Waals surface area contributed by atoms with Gasteiger partial charge in [0.15, 0.2) is 9.84 Å². The van der Waals surface area contributed by atoms with Gasteiger partial charge in [0, 0.05) is 18.5 Å². The molecule has 5 fully saturated rings. The lowest BCUT2D eigenvalue weighted by Gasteiger charge is -2.56. The summed E-state index contributed by atoms with van der Waals surface area (Å²) in [5.74, 6) is 2.20. The second-order valence-electron chi connectivity index (χ2n) is 9.78. The summed E-state index contributed by atoms with van der Waals surface area (Å²) < 4.78 is 23.2. The smallest absolute Gasteiger partial charge is 0.315 e. The second kappa shape index (κ2) is 6.64. The lowest BCUT2D eigenvalue weighted by molar-refractivity contribution is -0.122. The third-order valence-corrected chi connectivity index (χ3v) is 8.90. The fourth-order valence-electron chi connectivity index (χ4n) is 6.35. The Bertz CT molecular complexity index is 700. The van der Waals surface area contributed by atoms with Gasteiger partial charge >= 0.3 is 6.03 Å². The minimum Gasteiger partial charge on any atom is -0.350 e. The van der Waals surface area contributed by atoms with Crippen LogP contribution in [-0.2, 0) is 14.6 Å². The van der Waals surface area contributed by atoms with Gasteiger partial charge in [0.2, 0.25) is 5.91 Å². The summed E-state index contributed by atoms with van der Waals surface area (Å²) in [6, 6.07) is -0.181. The number of hydrogen-bond acceptors (Lipinski definition) is 4. The van der Waals surface area contributed by atoms with Crippen LogP contribution in [0, 0.1) is 17.8 Å². The van der Waals surface area contributed by atoms with Crippen LogP contribution in [0.3, 0.4) is 0 Å². The number of sulfone groups is 1. The first-order chi connectivity index (χ1) is 12.6. The molecular formula is C19H31N3O4S. The third kappa shape index (κ3) is 4.25. The Balaban J connectivity index is 1.21. The Morgan fingerprint density at radius 3 is 2.11 bits per heavy atom. The maximum Gasteiger partial charge on any atom is 0.315 e. The molecule has 8 heteroatoms. The number of rotatable bonds is 5. The highest BCUT2D eigenvalue weighted by molar-refractivity contribution is 7.91. The maximum absolute atomic E-state index is 12.4. The molecule has 0 aromatic rings. The normalized spacial score (nSPS) is 41.3. The van der Waals surface area contributed by atoms with E-state index in [9.17, 15) is 18.0 Å². The number of urea groups is 1. The zero-order valence-electron chi connectivity index (χ0n) is 16.1. The van der Waals surface area contributed by atoms with Crippen molar-refractivity contribution in [1.29, 1.82) is 0 Å². The van der Waals surface area contributed by atoms with Gasteiger partial charge in [-0.15, -0.1) is 0 Å². The van der Waals surface area contributed by atoms with E-state index in [4.69, 9.17) is 0 Å². The molecule has 0 spiro atoms. The van der Waals surface area contributed by atoms with Crippen LogP contribution < -0.4 is 16.0 Å². The summed E-state index contributed by atoms with van der Waals surface area (Å²) in [4.78, 5) is 24.5. The van der Waals surface area contributed by atoms with E-state index in [0.717, 1.165) is 37.0 Å². The van der Waals surface area contributed by atoms with E-state index in [1.807, 2.05) is 0 Å². The van der Waals surface area contributed by atoms with Crippen molar-refractivity contribution in [2.75, 3.05) is 18.1 Å². The van der Waals surface area contributed by atoms with Crippen molar-refractivity contribution in [3.8, 4) is 0 Å². The van der Waals surface area contributed by atoms with E-state index in [0.29, 0.717) is 6.42 Å². The third-order valence-electron chi connectivity index (χ3n) is 7.00. The number of carbonyl (C=O) groups is 2. The molecule has 4 saturated carbocycles. The predicted octanol–water partition coefficient (Wildman–Crippen LogP) is 1.34. The fraction of sp³-hybridized carbons (Fsp3) is 0.895. The van der Waals surface area contributed by atoms with Gasteiger partial charge in [0.25, 0.3) is 0 Å². The summed E-state index contributed by atoms with van der Waals surface area (Å²) in [7, 11) is -3.05. The van der Waals surface area contributed by atoms with Crippen molar-refractivity contribution in [3.05, 3.63) is 0 Å². The Morgan fingerprint density at radius 1 is 1.00 bits per heavy atom. The maximum atomic E-state index is 12.4. The molecule has 0 aromatic carbocycles. The Morgan fingerprint density at radius 2 is 1.59 bits per heavy atom. The van der Waals surface area contributed by atoms with Crippen molar-refractivity contribution >= 4 is 21.8 Å². The monoisotopic (exact) mass is 397 g/mol. The van der Waals surface area contributed by atoms with Crippen LogP contribution in [0.15, 0.2) is 0 Å². The van der Waals surface area contributed by atoms with Crippen LogP contribution in [0.5, 0.6) is 0 Å². The number of nitrogens with one attached hydrogen (secondary N) is 3. The molecule has 0 aromatic heterocycles. The Labute approximate surface area is 161 Å². The highest BCUT2D eigenvalue weighted by Gasteiger charge is 2.51. The Kier molecular flexibility index (Phi) is 4.68. The number of carbonyl (C=O) groups excluding carboxylic acids is 2. The van der Waals surface area contributed by atoms with E-state index in [1.165, 1.54) is 19.3 Å². The highest BCUT2D eigenvalue weighted by Crippen LogP contribution is 2.55. The fourth-order valence-corrected chi connectivity index (χ4v) is 8.44. The van der Waals surface area contributed by atoms with Crippen LogP contribution in [-0.4, -0.2) is 49.5 Å². The van der Waals surface area contributed by atoms with Gasteiger partial charge in [0.05, 0.1) is 17.0 Å². The molecule has 1 saturated heterocycles. The van der Waals surface area contributed by atoms with Gasteiger partial charge in [-0.25, -0.2) is 13.2 Å². The summed E-state index contributed by atoms with van der Waals surface area (Å²) in [5.41, 5.74) is -0.718. The van der Waals surface area contributed by atoms with Gasteiger partial charge < -0.3 is 16.0 Å². The first-order valence-corrected chi connectivity index (χ1v) is 12.0. The second-order valence-corrected chi connectivity index (χ2v) is 12.0. The quantitative estimate of drug-likeness (QED) is 0.651. The molecule has 3 N–H and O–H groups in total. The lowest BCUT2D eigenvalue weighted by atomic mass is 9.53. The SMILES string of the molecule is C[C@]1(NC(=O)CCNC(=O)NC23CC4CC(CC(C4)C2)C3)CCS(=O)(=O)C1. The summed E-state index contributed by atoms with van der Waals surface area (Å²) in [6.45, 7) is 2.02. The molecule has 4 bridgehead atoms. The van der Waals surface area contributed by atoms with Crippen LogP contribution in [0.4, 0.5) is 4.79 Å². The van der Waals surface area contributed by atoms with Crippen molar-refractivity contribution in [2.45, 2.75) is 69.4 Å². The van der Waals surface area contributed by atoms with Gasteiger partial charge in [-0.3, -0.25) is 4.79 Å². The molecule has 7 nitrogen and oxygen atoms in total. The molecular weight excluding hydrogens is 366 g/mol. The summed E-state index contributed by atoms with van der Waals surface area (Å²) in [5, 5.41) is 8.86. The number of amides is 3.